The van der Waals surface area contributed by atoms with Gasteiger partial charge >= 0.3 is 6.18 Å². The number of hydrogen-bond acceptors (Lipinski definition) is 6. The summed E-state index contributed by atoms with van der Waals surface area (Å²) in [6, 6.07) is 2.21. The number of rotatable bonds is 6. The molecule has 0 aliphatic heterocycles. The third-order valence-electron chi connectivity index (χ3n) is 6.22. The molecule has 1 heterocycles. The summed E-state index contributed by atoms with van der Waals surface area (Å²) in [6.07, 6.45) is 2.28. The fraction of sp³-hybridized carbons (Fsp3) is 0.762. The van der Waals surface area contributed by atoms with Gasteiger partial charge in [0.2, 0.25) is 5.95 Å². The molecule has 1 aromatic heterocycles. The Hall–Kier alpha value is -1.92. The SMILES string of the molecule is C[C@@H]1CCC(Cc2nc(NC3CCC(OCC(F)(F)F)CC3)ncc2C#N)C[C@H]1O. The first-order chi connectivity index (χ1) is 14.2. The van der Waals surface area contributed by atoms with E-state index in [0.717, 1.165) is 12.8 Å². The van der Waals surface area contributed by atoms with Gasteiger partial charge in [-0.05, 0) is 63.2 Å². The molecule has 0 aromatic carbocycles. The molecule has 2 aliphatic carbocycles. The highest BCUT2D eigenvalue weighted by atomic mass is 19.4. The fourth-order valence-corrected chi connectivity index (χ4v) is 4.35. The zero-order valence-corrected chi connectivity index (χ0v) is 17.2. The number of aromatic nitrogens is 2. The summed E-state index contributed by atoms with van der Waals surface area (Å²) in [6.45, 7) is 0.851. The first-order valence-electron chi connectivity index (χ1n) is 10.6. The Bertz CT molecular complexity index is 745. The Morgan fingerprint density at radius 3 is 2.60 bits per heavy atom. The van der Waals surface area contributed by atoms with Crippen molar-refractivity contribution in [2.24, 2.45) is 11.8 Å². The normalized spacial score (nSPS) is 29.9. The van der Waals surface area contributed by atoms with Crippen LogP contribution >= 0.6 is 0 Å². The fourth-order valence-electron chi connectivity index (χ4n) is 4.35. The Kier molecular flexibility index (Phi) is 7.53. The first-order valence-corrected chi connectivity index (χ1v) is 10.6. The van der Waals surface area contributed by atoms with Crippen LogP contribution in [-0.2, 0) is 11.2 Å². The quantitative estimate of drug-likeness (QED) is 0.715. The van der Waals surface area contributed by atoms with E-state index in [-0.39, 0.29) is 24.2 Å². The highest BCUT2D eigenvalue weighted by Gasteiger charge is 2.31. The van der Waals surface area contributed by atoms with Gasteiger partial charge in [-0.2, -0.15) is 18.4 Å². The Morgan fingerprint density at radius 2 is 1.97 bits per heavy atom. The first kappa shape index (κ1) is 22.8. The predicted octanol–water partition coefficient (Wildman–Crippen LogP) is 3.99. The maximum atomic E-state index is 12.3. The van der Waals surface area contributed by atoms with Crippen molar-refractivity contribution >= 4 is 5.95 Å². The van der Waals surface area contributed by atoms with Gasteiger partial charge in [-0.1, -0.05) is 6.92 Å². The molecule has 3 rings (SSSR count). The van der Waals surface area contributed by atoms with Crippen molar-refractivity contribution in [2.45, 2.75) is 82.7 Å². The lowest BCUT2D eigenvalue weighted by Gasteiger charge is -2.31. The van der Waals surface area contributed by atoms with Gasteiger partial charge in [0.05, 0.1) is 29.7 Å². The van der Waals surface area contributed by atoms with Gasteiger partial charge in [-0.3, -0.25) is 0 Å². The van der Waals surface area contributed by atoms with Crippen LogP contribution in [0.4, 0.5) is 19.1 Å². The average molecular weight is 426 g/mol. The minimum Gasteiger partial charge on any atom is -0.393 e. The number of ether oxygens (including phenoxy) is 1. The largest absolute Gasteiger partial charge is 0.411 e. The molecule has 166 valence electrons. The maximum absolute atomic E-state index is 12.3. The van der Waals surface area contributed by atoms with Crippen LogP contribution in [0.3, 0.4) is 0 Å². The molecule has 0 amide bonds. The molecule has 30 heavy (non-hydrogen) atoms. The predicted molar refractivity (Wildman–Crippen MR) is 105 cm³/mol. The third kappa shape index (κ3) is 6.54. The zero-order chi connectivity index (χ0) is 21.7. The summed E-state index contributed by atoms with van der Waals surface area (Å²) in [7, 11) is 0. The number of nitrogens with zero attached hydrogens (tertiary/aromatic N) is 3. The van der Waals surface area contributed by atoms with Gasteiger partial charge in [0.25, 0.3) is 0 Å². The highest BCUT2D eigenvalue weighted by molar-refractivity contribution is 5.37. The molecule has 9 heteroatoms. The third-order valence-corrected chi connectivity index (χ3v) is 6.22. The summed E-state index contributed by atoms with van der Waals surface area (Å²) in [5, 5.41) is 22.8. The highest BCUT2D eigenvalue weighted by Crippen LogP contribution is 2.32. The van der Waals surface area contributed by atoms with E-state index in [0.29, 0.717) is 61.6 Å². The molecular formula is C21H29F3N4O2. The van der Waals surface area contributed by atoms with Crippen LogP contribution in [0.5, 0.6) is 0 Å². The lowest BCUT2D eigenvalue weighted by Crippen LogP contribution is -2.32. The van der Waals surface area contributed by atoms with Gasteiger partial charge in [-0.25, -0.2) is 9.97 Å². The van der Waals surface area contributed by atoms with Gasteiger partial charge < -0.3 is 15.2 Å². The Labute approximate surface area is 174 Å². The van der Waals surface area contributed by atoms with Gasteiger partial charge in [0, 0.05) is 6.04 Å². The van der Waals surface area contributed by atoms with Crippen molar-refractivity contribution in [1.29, 1.82) is 5.26 Å². The van der Waals surface area contributed by atoms with Crippen molar-refractivity contribution in [1.82, 2.24) is 9.97 Å². The average Bonchev–Trinajstić information content (AvgIpc) is 2.70. The molecule has 0 radical (unpaired) electrons. The zero-order valence-electron chi connectivity index (χ0n) is 17.2. The van der Waals surface area contributed by atoms with E-state index in [1.54, 1.807) is 0 Å². The molecule has 2 N–H and O–H groups in total. The molecule has 1 unspecified atom stereocenters. The second-order valence-corrected chi connectivity index (χ2v) is 8.64. The maximum Gasteiger partial charge on any atom is 0.411 e. The van der Waals surface area contributed by atoms with Crippen molar-refractivity contribution in [2.75, 3.05) is 11.9 Å². The summed E-state index contributed by atoms with van der Waals surface area (Å²) >= 11 is 0. The van der Waals surface area contributed by atoms with Crippen molar-refractivity contribution in [3.8, 4) is 6.07 Å². The molecule has 0 spiro atoms. The number of aliphatic hydroxyl groups is 1. The van der Waals surface area contributed by atoms with Gasteiger partial charge in [0.15, 0.2) is 0 Å². The van der Waals surface area contributed by atoms with Crippen LogP contribution in [0.2, 0.25) is 0 Å². The summed E-state index contributed by atoms with van der Waals surface area (Å²) < 4.78 is 41.8. The van der Waals surface area contributed by atoms with E-state index in [1.807, 2.05) is 0 Å². The number of alkyl halides is 3. The molecule has 3 atom stereocenters. The van der Waals surface area contributed by atoms with Crippen molar-refractivity contribution in [3.63, 3.8) is 0 Å². The second-order valence-electron chi connectivity index (χ2n) is 8.64. The van der Waals surface area contributed by atoms with Crippen LogP contribution in [-0.4, -0.2) is 46.1 Å². The second kappa shape index (κ2) is 9.92. The number of hydrogen-bond donors (Lipinski definition) is 2. The van der Waals surface area contributed by atoms with Crippen molar-refractivity contribution < 1.29 is 23.0 Å². The molecule has 2 fully saturated rings. The van der Waals surface area contributed by atoms with E-state index in [9.17, 15) is 23.5 Å². The Balaban J connectivity index is 1.55. The van der Waals surface area contributed by atoms with E-state index in [4.69, 9.17) is 4.74 Å². The minimum absolute atomic E-state index is 0.0638. The van der Waals surface area contributed by atoms with Crippen LogP contribution < -0.4 is 5.32 Å². The molecule has 6 nitrogen and oxygen atoms in total. The topological polar surface area (TPSA) is 91.1 Å². The van der Waals surface area contributed by atoms with Gasteiger partial charge in [0.1, 0.15) is 12.7 Å². The molecule has 1 aromatic rings. The molecule has 2 aliphatic rings. The van der Waals surface area contributed by atoms with E-state index >= 15 is 0 Å². The summed E-state index contributed by atoms with van der Waals surface area (Å²) in [5.41, 5.74) is 1.13. The van der Waals surface area contributed by atoms with Crippen LogP contribution in [0.25, 0.3) is 0 Å². The van der Waals surface area contributed by atoms with Gasteiger partial charge in [-0.15, -0.1) is 0 Å². The number of anilines is 1. The number of halogens is 3. The van der Waals surface area contributed by atoms with E-state index in [2.05, 4.69) is 28.3 Å². The number of nitrogens with one attached hydrogen (secondary N) is 1. The standard InChI is InChI=1S/C21H29F3N4O2/c1-13-2-3-14(9-19(13)29)8-18-15(10-25)11-26-20(28-18)27-16-4-6-17(7-5-16)30-12-21(22,23)24/h11,13-14,16-17,19,29H,2-9,12H2,1H3,(H,26,27,28)/t13-,14?,16?,17?,19-/m1/s1. The van der Waals surface area contributed by atoms with Crippen LogP contribution in [0, 0.1) is 23.2 Å². The van der Waals surface area contributed by atoms with Crippen LogP contribution in [0.1, 0.15) is 63.1 Å². The number of nitriles is 1. The molecule has 0 saturated heterocycles. The lowest BCUT2D eigenvalue weighted by molar-refractivity contribution is -0.187. The number of aliphatic hydroxyl groups excluding tert-OH is 1. The van der Waals surface area contributed by atoms with E-state index < -0.39 is 12.8 Å². The minimum atomic E-state index is -4.30. The monoisotopic (exact) mass is 426 g/mol. The molecule has 2 saturated carbocycles. The van der Waals surface area contributed by atoms with Crippen LogP contribution in [0.15, 0.2) is 6.20 Å². The van der Waals surface area contributed by atoms with Crippen molar-refractivity contribution in [3.05, 3.63) is 17.5 Å². The molecule has 0 bridgehead atoms. The summed E-state index contributed by atoms with van der Waals surface area (Å²) in [4.78, 5) is 8.79. The lowest BCUT2D eigenvalue weighted by atomic mass is 9.78. The summed E-state index contributed by atoms with van der Waals surface area (Å²) in [5.74, 6) is 1.02. The smallest absolute Gasteiger partial charge is 0.393 e. The Morgan fingerprint density at radius 1 is 1.23 bits per heavy atom. The molecular weight excluding hydrogens is 397 g/mol. The van der Waals surface area contributed by atoms with E-state index in [1.165, 1.54) is 6.20 Å².